The van der Waals surface area contributed by atoms with E-state index in [0.29, 0.717) is 17.1 Å². The number of phenolic OH excluding ortho intramolecular Hbond substituents is 1. The molecule has 4 N–H and O–H groups in total. The molecule has 0 aliphatic heterocycles. The van der Waals surface area contributed by atoms with Gasteiger partial charge >= 0.3 is 0 Å². The van der Waals surface area contributed by atoms with Gasteiger partial charge in [0, 0.05) is 6.20 Å². The van der Waals surface area contributed by atoms with Crippen LogP contribution in [0.25, 0.3) is 0 Å². The van der Waals surface area contributed by atoms with Crippen molar-refractivity contribution in [3.05, 3.63) is 53.3 Å². The first-order valence-electron chi connectivity index (χ1n) is 6.00. The maximum atomic E-state index is 12.0. The van der Waals surface area contributed by atoms with Crippen LogP contribution in [0.5, 0.6) is 5.75 Å². The molecule has 0 unspecified atom stereocenters. The number of phenols is 1. The molecule has 0 spiro atoms. The molecule has 5 nitrogen and oxygen atoms in total. The fourth-order valence-electron chi connectivity index (χ4n) is 1.67. The maximum absolute atomic E-state index is 12.0. The van der Waals surface area contributed by atoms with E-state index < -0.39 is 6.04 Å². The average Bonchev–Trinajstić information content (AvgIpc) is 2.44. The second-order valence-electron chi connectivity index (χ2n) is 4.32. The summed E-state index contributed by atoms with van der Waals surface area (Å²) in [4.78, 5) is 15.8. The number of carbonyl (C=O) groups is 1. The van der Waals surface area contributed by atoms with E-state index in [-0.39, 0.29) is 11.7 Å². The molecule has 1 heterocycles. The number of hydrogen-bond donors (Lipinski definition) is 3. The van der Waals surface area contributed by atoms with E-state index in [0.717, 1.165) is 5.56 Å². The van der Waals surface area contributed by atoms with E-state index in [9.17, 15) is 9.90 Å². The summed E-state index contributed by atoms with van der Waals surface area (Å²) in [5.41, 5.74) is 7.14. The van der Waals surface area contributed by atoms with Crippen LogP contribution in [0.15, 0.2) is 42.7 Å². The number of anilines is 1. The van der Waals surface area contributed by atoms with Crippen LogP contribution >= 0.6 is 11.6 Å². The van der Waals surface area contributed by atoms with Gasteiger partial charge in [-0.2, -0.15) is 0 Å². The lowest BCUT2D eigenvalue weighted by atomic mass is 10.1. The molecule has 0 radical (unpaired) electrons. The third-order valence-corrected chi connectivity index (χ3v) is 3.08. The minimum atomic E-state index is -0.712. The molecular weight excluding hydrogens is 278 g/mol. The Morgan fingerprint density at radius 1 is 1.35 bits per heavy atom. The fourth-order valence-corrected chi connectivity index (χ4v) is 1.83. The highest BCUT2D eigenvalue weighted by Crippen LogP contribution is 2.19. The van der Waals surface area contributed by atoms with Crippen molar-refractivity contribution < 1.29 is 9.90 Å². The number of halogens is 1. The Labute approximate surface area is 121 Å². The first-order chi connectivity index (χ1) is 9.56. The van der Waals surface area contributed by atoms with Crippen molar-refractivity contribution in [1.82, 2.24) is 4.98 Å². The molecule has 0 saturated carbocycles. The molecule has 1 aromatic heterocycles. The second kappa shape index (κ2) is 6.36. The van der Waals surface area contributed by atoms with Crippen LogP contribution < -0.4 is 11.1 Å². The van der Waals surface area contributed by atoms with Gasteiger partial charge in [0.1, 0.15) is 5.75 Å². The maximum Gasteiger partial charge on any atom is 0.241 e. The number of carbonyl (C=O) groups excluding carboxylic acids is 1. The van der Waals surface area contributed by atoms with E-state index in [2.05, 4.69) is 10.3 Å². The van der Waals surface area contributed by atoms with Crippen molar-refractivity contribution in [1.29, 1.82) is 0 Å². The van der Waals surface area contributed by atoms with E-state index in [4.69, 9.17) is 17.3 Å². The van der Waals surface area contributed by atoms with Crippen LogP contribution in [0.3, 0.4) is 0 Å². The summed E-state index contributed by atoms with van der Waals surface area (Å²) in [6, 6.07) is 7.42. The third kappa shape index (κ3) is 3.69. The van der Waals surface area contributed by atoms with Gasteiger partial charge in [-0.3, -0.25) is 9.78 Å². The van der Waals surface area contributed by atoms with E-state index >= 15 is 0 Å². The van der Waals surface area contributed by atoms with Gasteiger partial charge in [0.2, 0.25) is 5.91 Å². The first kappa shape index (κ1) is 14.3. The first-order valence-corrected chi connectivity index (χ1v) is 6.38. The minimum absolute atomic E-state index is 0.175. The Hall–Kier alpha value is -2.11. The number of aromatic nitrogens is 1. The molecule has 104 valence electrons. The third-order valence-electron chi connectivity index (χ3n) is 2.75. The Morgan fingerprint density at radius 2 is 2.05 bits per heavy atom. The monoisotopic (exact) mass is 291 g/mol. The van der Waals surface area contributed by atoms with Crippen LogP contribution in [-0.2, 0) is 11.2 Å². The number of aromatic hydroxyl groups is 1. The summed E-state index contributed by atoms with van der Waals surface area (Å²) in [6.07, 6.45) is 3.37. The van der Waals surface area contributed by atoms with E-state index in [1.165, 1.54) is 12.4 Å². The molecule has 0 aliphatic rings. The van der Waals surface area contributed by atoms with Gasteiger partial charge in [-0.15, -0.1) is 0 Å². The number of benzene rings is 1. The average molecular weight is 292 g/mol. The van der Waals surface area contributed by atoms with Crippen LogP contribution in [0, 0.1) is 0 Å². The molecule has 6 heteroatoms. The zero-order valence-corrected chi connectivity index (χ0v) is 11.3. The lowest BCUT2D eigenvalue weighted by molar-refractivity contribution is -0.117. The number of pyridine rings is 1. The zero-order chi connectivity index (χ0) is 14.5. The number of hydrogen-bond acceptors (Lipinski definition) is 4. The molecule has 1 aromatic carbocycles. The van der Waals surface area contributed by atoms with Crippen LogP contribution in [0.4, 0.5) is 5.69 Å². The quantitative estimate of drug-likeness (QED) is 0.803. The molecule has 20 heavy (non-hydrogen) atoms. The van der Waals surface area contributed by atoms with Gasteiger partial charge in [-0.1, -0.05) is 23.7 Å². The molecule has 2 aromatic rings. The van der Waals surface area contributed by atoms with Crippen LogP contribution in [-0.4, -0.2) is 22.0 Å². The minimum Gasteiger partial charge on any atom is -0.508 e. The smallest absolute Gasteiger partial charge is 0.241 e. The predicted octanol–water partition coefficient (Wildman–Crippen LogP) is 1.95. The molecule has 2 rings (SSSR count). The molecule has 0 aliphatic carbocycles. The molecule has 0 saturated heterocycles. The second-order valence-corrected chi connectivity index (χ2v) is 4.73. The Kier molecular flexibility index (Phi) is 4.55. The van der Waals surface area contributed by atoms with Crippen molar-refractivity contribution in [3.63, 3.8) is 0 Å². The van der Waals surface area contributed by atoms with Crippen molar-refractivity contribution in [3.8, 4) is 5.75 Å². The number of nitrogens with two attached hydrogens (primary N) is 1. The molecule has 0 fully saturated rings. The van der Waals surface area contributed by atoms with Crippen molar-refractivity contribution in [2.45, 2.75) is 12.5 Å². The van der Waals surface area contributed by atoms with Crippen LogP contribution in [0.1, 0.15) is 5.56 Å². The number of amides is 1. The van der Waals surface area contributed by atoms with Gasteiger partial charge in [0.15, 0.2) is 0 Å². The lowest BCUT2D eigenvalue weighted by Gasteiger charge is -2.13. The zero-order valence-electron chi connectivity index (χ0n) is 10.6. The summed E-state index contributed by atoms with van der Waals surface area (Å²) in [5.74, 6) is -0.165. The van der Waals surface area contributed by atoms with Gasteiger partial charge in [-0.05, 0) is 30.2 Å². The number of nitrogens with zero attached hydrogens (tertiary/aromatic N) is 1. The van der Waals surface area contributed by atoms with Crippen molar-refractivity contribution in [2.24, 2.45) is 5.73 Å². The predicted molar refractivity (Wildman–Crippen MR) is 77.7 cm³/mol. The molecular formula is C14H14ClN3O2. The Bertz CT molecular complexity index is 602. The highest BCUT2D eigenvalue weighted by Gasteiger charge is 2.15. The number of rotatable bonds is 4. The Balaban J connectivity index is 1.99. The summed E-state index contributed by atoms with van der Waals surface area (Å²) >= 11 is 5.93. The highest BCUT2D eigenvalue weighted by molar-refractivity contribution is 6.33. The molecule has 1 amide bonds. The van der Waals surface area contributed by atoms with Gasteiger partial charge < -0.3 is 16.2 Å². The van der Waals surface area contributed by atoms with Crippen molar-refractivity contribution in [2.75, 3.05) is 5.32 Å². The highest BCUT2D eigenvalue weighted by atomic mass is 35.5. The van der Waals surface area contributed by atoms with Gasteiger partial charge in [0.25, 0.3) is 0 Å². The summed E-state index contributed by atoms with van der Waals surface area (Å²) in [6.45, 7) is 0. The summed E-state index contributed by atoms with van der Waals surface area (Å²) in [5, 5.41) is 12.2. The molecule has 1 atom stereocenters. The van der Waals surface area contributed by atoms with Crippen LogP contribution in [0.2, 0.25) is 5.02 Å². The SMILES string of the molecule is N[C@@H](Cc1ccc(O)cc1)C(=O)Nc1cnccc1Cl. The normalized spacial score (nSPS) is 11.9. The Morgan fingerprint density at radius 3 is 2.70 bits per heavy atom. The van der Waals surface area contributed by atoms with E-state index in [1.54, 1.807) is 30.3 Å². The number of nitrogens with one attached hydrogen (secondary N) is 1. The van der Waals surface area contributed by atoms with E-state index in [1.807, 2.05) is 0 Å². The van der Waals surface area contributed by atoms with Gasteiger partial charge in [0.05, 0.1) is 22.9 Å². The standard InChI is InChI=1S/C14H14ClN3O2/c15-11-5-6-17-8-13(11)18-14(20)12(16)7-9-1-3-10(19)4-2-9/h1-6,8,12,19H,7,16H2,(H,18,20)/t12-/m0/s1. The summed E-state index contributed by atoms with van der Waals surface area (Å²) in [7, 11) is 0. The van der Waals surface area contributed by atoms with Gasteiger partial charge in [-0.25, -0.2) is 0 Å². The summed E-state index contributed by atoms with van der Waals surface area (Å²) < 4.78 is 0. The molecule has 0 bridgehead atoms. The van der Waals surface area contributed by atoms with Crippen molar-refractivity contribution >= 4 is 23.2 Å². The fraction of sp³-hybridized carbons (Fsp3) is 0.143. The lowest BCUT2D eigenvalue weighted by Crippen LogP contribution is -2.37. The topological polar surface area (TPSA) is 88.2 Å². The largest absolute Gasteiger partial charge is 0.508 e.